The molecule has 0 saturated heterocycles. The molecule has 0 unspecified atom stereocenters. The van der Waals surface area contributed by atoms with E-state index in [0.29, 0.717) is 28.4 Å². The van der Waals surface area contributed by atoms with Gasteiger partial charge in [-0.2, -0.15) is 5.26 Å². The van der Waals surface area contributed by atoms with Crippen LogP contribution >= 0.6 is 27.5 Å². The number of phenols is 1. The topological polar surface area (TPSA) is 56.0 Å². The van der Waals surface area contributed by atoms with Crippen LogP contribution in [0.3, 0.4) is 0 Å². The molecule has 0 aliphatic rings. The smallest absolute Gasteiger partial charge is 0.139 e. The molecule has 0 aliphatic heterocycles. The average molecular weight is 338 g/mol. The Hall–Kier alpha value is -1.70. The van der Waals surface area contributed by atoms with E-state index in [4.69, 9.17) is 16.9 Å². The zero-order chi connectivity index (χ0) is 13.8. The van der Waals surface area contributed by atoms with E-state index in [0.717, 1.165) is 4.47 Å². The largest absolute Gasteiger partial charge is 0.506 e. The Morgan fingerprint density at radius 3 is 2.84 bits per heavy atom. The number of nitrogens with zero attached hydrogens (tertiary/aromatic N) is 1. The third kappa shape index (κ3) is 3.19. The number of aromatic hydroxyl groups is 1. The van der Waals surface area contributed by atoms with Crippen LogP contribution in [-0.2, 0) is 6.54 Å². The second-order valence-electron chi connectivity index (χ2n) is 3.90. The molecule has 5 heteroatoms. The van der Waals surface area contributed by atoms with Gasteiger partial charge in [-0.25, -0.2) is 0 Å². The molecule has 0 aliphatic carbocycles. The molecule has 2 N–H and O–H groups in total. The van der Waals surface area contributed by atoms with Crippen molar-refractivity contribution in [1.82, 2.24) is 0 Å². The van der Waals surface area contributed by atoms with Gasteiger partial charge in [0, 0.05) is 16.6 Å². The third-order valence-corrected chi connectivity index (χ3v) is 3.44. The maximum Gasteiger partial charge on any atom is 0.139 e. The predicted molar refractivity (Wildman–Crippen MR) is 79.3 cm³/mol. The lowest BCUT2D eigenvalue weighted by atomic mass is 10.1. The molecule has 0 heterocycles. The summed E-state index contributed by atoms with van der Waals surface area (Å²) >= 11 is 9.16. The van der Waals surface area contributed by atoms with Crippen molar-refractivity contribution in [3.05, 3.63) is 57.0 Å². The van der Waals surface area contributed by atoms with Crippen molar-refractivity contribution in [2.45, 2.75) is 6.54 Å². The maximum atomic E-state index is 9.80. The third-order valence-electron chi connectivity index (χ3n) is 2.64. The van der Waals surface area contributed by atoms with Gasteiger partial charge in [0.1, 0.15) is 11.8 Å². The molecule has 2 aromatic carbocycles. The van der Waals surface area contributed by atoms with E-state index in [1.165, 1.54) is 0 Å². The highest BCUT2D eigenvalue weighted by molar-refractivity contribution is 9.10. The lowest BCUT2D eigenvalue weighted by Gasteiger charge is -2.10. The molecule has 0 radical (unpaired) electrons. The molecule has 0 saturated carbocycles. The monoisotopic (exact) mass is 336 g/mol. The molecular weight excluding hydrogens is 328 g/mol. The van der Waals surface area contributed by atoms with E-state index in [1.807, 2.05) is 12.1 Å². The summed E-state index contributed by atoms with van der Waals surface area (Å²) < 4.78 is 0.847. The fraction of sp³-hybridized carbons (Fsp3) is 0.0714. The first-order valence-corrected chi connectivity index (χ1v) is 6.69. The van der Waals surface area contributed by atoms with Crippen LogP contribution in [0.4, 0.5) is 5.69 Å². The molecule has 0 atom stereocenters. The summed E-state index contributed by atoms with van der Waals surface area (Å²) in [4.78, 5) is 0. The summed E-state index contributed by atoms with van der Waals surface area (Å²) in [6.07, 6.45) is 0. The zero-order valence-corrected chi connectivity index (χ0v) is 12.2. The van der Waals surface area contributed by atoms with Crippen molar-refractivity contribution in [2.24, 2.45) is 0 Å². The minimum Gasteiger partial charge on any atom is -0.506 e. The van der Waals surface area contributed by atoms with E-state index >= 15 is 0 Å². The number of phenolic OH excluding ortho intramolecular Hbond substituents is 1. The minimum absolute atomic E-state index is 0.0623. The highest BCUT2D eigenvalue weighted by atomic mass is 79.9. The molecule has 96 valence electrons. The normalized spacial score (nSPS) is 9.95. The molecule has 19 heavy (non-hydrogen) atoms. The predicted octanol–water partition coefficient (Wildman–Crippen LogP) is 4.29. The Morgan fingerprint density at radius 1 is 1.32 bits per heavy atom. The summed E-state index contributed by atoms with van der Waals surface area (Å²) in [5.41, 5.74) is 1.93. The van der Waals surface area contributed by atoms with Crippen molar-refractivity contribution >= 4 is 33.2 Å². The molecule has 3 nitrogen and oxygen atoms in total. The summed E-state index contributed by atoms with van der Waals surface area (Å²) in [7, 11) is 0. The van der Waals surface area contributed by atoms with Crippen molar-refractivity contribution in [1.29, 1.82) is 5.26 Å². The lowest BCUT2D eigenvalue weighted by molar-refractivity contribution is 0.469. The number of nitriles is 1. The number of para-hydroxylation sites is 1. The molecular formula is C14H10BrClN2O. The van der Waals surface area contributed by atoms with Gasteiger partial charge >= 0.3 is 0 Å². The van der Waals surface area contributed by atoms with Gasteiger partial charge in [-0.15, -0.1) is 0 Å². The van der Waals surface area contributed by atoms with Gasteiger partial charge in [0.05, 0.1) is 16.3 Å². The van der Waals surface area contributed by atoms with Crippen LogP contribution in [0.25, 0.3) is 0 Å². The van der Waals surface area contributed by atoms with Crippen LogP contribution in [0, 0.1) is 11.3 Å². The number of hydrogen-bond acceptors (Lipinski definition) is 3. The van der Waals surface area contributed by atoms with E-state index < -0.39 is 0 Å². The number of nitrogens with one attached hydrogen (secondary N) is 1. The standard InChI is InChI=1S/C14H10BrClN2O/c15-11-4-5-13(10(6-11)7-17)18-8-9-2-1-3-12(16)14(9)19/h1-6,18-19H,8H2. The number of halogens is 2. The molecule has 0 bridgehead atoms. The van der Waals surface area contributed by atoms with E-state index in [-0.39, 0.29) is 5.75 Å². The maximum absolute atomic E-state index is 9.80. The Morgan fingerprint density at radius 2 is 2.11 bits per heavy atom. The summed E-state index contributed by atoms with van der Waals surface area (Å²) in [6.45, 7) is 0.392. The van der Waals surface area contributed by atoms with Crippen LogP contribution in [-0.4, -0.2) is 5.11 Å². The fourth-order valence-corrected chi connectivity index (χ4v) is 2.21. The van der Waals surface area contributed by atoms with Gasteiger partial charge in [-0.3, -0.25) is 0 Å². The van der Waals surface area contributed by atoms with Gasteiger partial charge in [0.25, 0.3) is 0 Å². The van der Waals surface area contributed by atoms with E-state index in [2.05, 4.69) is 27.3 Å². The quantitative estimate of drug-likeness (QED) is 0.878. The van der Waals surface area contributed by atoms with Crippen molar-refractivity contribution < 1.29 is 5.11 Å². The Balaban J connectivity index is 2.20. The highest BCUT2D eigenvalue weighted by Gasteiger charge is 2.07. The summed E-state index contributed by atoms with van der Waals surface area (Å²) in [5.74, 6) is 0.0623. The second kappa shape index (κ2) is 5.96. The van der Waals surface area contributed by atoms with Crippen molar-refractivity contribution in [3.63, 3.8) is 0 Å². The Labute approximate surface area is 124 Å². The van der Waals surface area contributed by atoms with E-state index in [1.54, 1.807) is 24.3 Å². The van der Waals surface area contributed by atoms with Gasteiger partial charge in [0.2, 0.25) is 0 Å². The Bertz CT molecular complexity index is 652. The molecule has 0 aromatic heterocycles. The van der Waals surface area contributed by atoms with Crippen LogP contribution < -0.4 is 5.32 Å². The number of rotatable bonds is 3. The molecule has 2 aromatic rings. The molecule has 0 spiro atoms. The minimum atomic E-state index is 0.0623. The molecule has 0 amide bonds. The number of hydrogen-bond donors (Lipinski definition) is 2. The van der Waals surface area contributed by atoms with Crippen LogP contribution in [0.15, 0.2) is 40.9 Å². The highest BCUT2D eigenvalue weighted by Crippen LogP contribution is 2.28. The summed E-state index contributed by atoms with van der Waals surface area (Å²) in [5, 5.41) is 22.3. The Kier molecular flexibility index (Phi) is 4.31. The number of benzene rings is 2. The first kappa shape index (κ1) is 13.7. The van der Waals surface area contributed by atoms with Crippen molar-refractivity contribution in [2.75, 3.05) is 5.32 Å². The van der Waals surface area contributed by atoms with Crippen LogP contribution in [0.5, 0.6) is 5.75 Å². The fourth-order valence-electron chi connectivity index (χ4n) is 1.66. The second-order valence-corrected chi connectivity index (χ2v) is 5.23. The zero-order valence-electron chi connectivity index (χ0n) is 9.82. The molecule has 0 fully saturated rings. The lowest BCUT2D eigenvalue weighted by Crippen LogP contribution is -2.01. The van der Waals surface area contributed by atoms with Crippen LogP contribution in [0.1, 0.15) is 11.1 Å². The van der Waals surface area contributed by atoms with Crippen molar-refractivity contribution in [3.8, 4) is 11.8 Å². The SMILES string of the molecule is N#Cc1cc(Br)ccc1NCc1cccc(Cl)c1O. The molecule has 2 rings (SSSR count). The number of anilines is 1. The first-order valence-electron chi connectivity index (χ1n) is 5.51. The van der Waals surface area contributed by atoms with Crippen LogP contribution in [0.2, 0.25) is 5.02 Å². The van der Waals surface area contributed by atoms with E-state index in [9.17, 15) is 5.11 Å². The average Bonchev–Trinajstić information content (AvgIpc) is 2.41. The van der Waals surface area contributed by atoms with Gasteiger partial charge < -0.3 is 10.4 Å². The first-order chi connectivity index (χ1) is 9.11. The van der Waals surface area contributed by atoms with Gasteiger partial charge in [-0.1, -0.05) is 39.7 Å². The van der Waals surface area contributed by atoms with Gasteiger partial charge in [0.15, 0.2) is 0 Å². The van der Waals surface area contributed by atoms with Gasteiger partial charge in [-0.05, 0) is 24.3 Å². The summed E-state index contributed by atoms with van der Waals surface area (Å²) in [6, 6.07) is 12.7.